The molecule has 1 aromatic rings. The summed E-state index contributed by atoms with van der Waals surface area (Å²) >= 11 is 0. The van der Waals surface area contributed by atoms with E-state index in [0.29, 0.717) is 5.69 Å². The first-order valence-electron chi connectivity index (χ1n) is 6.39. The molecule has 1 aromatic heterocycles. The summed E-state index contributed by atoms with van der Waals surface area (Å²) in [6.45, 7) is 2.97. The standard InChI is InChI=1S/C13H17F2N5O/c1-12(2)4-9-8(3-13(12,14)15)10(20-19-9)11(21)18-7(5-16)6-17/h5-6,16H,3-4,17H2,1-2H3,(H,18,21)(H,19,20)/b7-6+,16-5?. The van der Waals surface area contributed by atoms with E-state index in [4.69, 9.17) is 11.1 Å². The lowest BCUT2D eigenvalue weighted by atomic mass is 9.73. The summed E-state index contributed by atoms with van der Waals surface area (Å²) in [4.78, 5) is 12.0. The van der Waals surface area contributed by atoms with Gasteiger partial charge in [0.15, 0.2) is 5.69 Å². The highest BCUT2D eigenvalue weighted by atomic mass is 19.3. The summed E-state index contributed by atoms with van der Waals surface area (Å²) in [7, 11) is 0. The van der Waals surface area contributed by atoms with E-state index in [0.717, 1.165) is 12.4 Å². The maximum atomic E-state index is 14.1. The molecule has 0 saturated carbocycles. The van der Waals surface area contributed by atoms with E-state index in [1.165, 1.54) is 13.8 Å². The molecule has 114 valence electrons. The van der Waals surface area contributed by atoms with Crippen molar-refractivity contribution in [1.82, 2.24) is 15.5 Å². The number of nitrogens with one attached hydrogen (secondary N) is 3. The second-order valence-corrected chi connectivity index (χ2v) is 5.69. The van der Waals surface area contributed by atoms with Crippen molar-refractivity contribution in [2.75, 3.05) is 0 Å². The number of rotatable bonds is 3. The minimum absolute atomic E-state index is 0.0691. The number of alkyl halides is 2. The predicted molar refractivity (Wildman–Crippen MR) is 73.2 cm³/mol. The van der Waals surface area contributed by atoms with Gasteiger partial charge in [0.1, 0.15) is 0 Å². The molecule has 0 fully saturated rings. The van der Waals surface area contributed by atoms with Crippen molar-refractivity contribution in [3.8, 4) is 0 Å². The van der Waals surface area contributed by atoms with Crippen LogP contribution in [0.5, 0.6) is 0 Å². The second-order valence-electron chi connectivity index (χ2n) is 5.69. The van der Waals surface area contributed by atoms with Crippen molar-refractivity contribution >= 4 is 12.1 Å². The van der Waals surface area contributed by atoms with E-state index in [2.05, 4.69) is 15.5 Å². The van der Waals surface area contributed by atoms with Crippen LogP contribution in [0.1, 0.15) is 35.6 Å². The molecule has 21 heavy (non-hydrogen) atoms. The van der Waals surface area contributed by atoms with Gasteiger partial charge in [-0.15, -0.1) is 0 Å². The number of nitrogens with two attached hydrogens (primary N) is 1. The number of fused-ring (bicyclic) bond motifs is 1. The van der Waals surface area contributed by atoms with Gasteiger partial charge in [0.05, 0.1) is 5.70 Å². The van der Waals surface area contributed by atoms with E-state index in [9.17, 15) is 13.6 Å². The van der Waals surface area contributed by atoms with E-state index in [1.807, 2.05) is 0 Å². The van der Waals surface area contributed by atoms with Gasteiger partial charge in [0.2, 0.25) is 0 Å². The van der Waals surface area contributed by atoms with Gasteiger partial charge in [0.25, 0.3) is 11.8 Å². The Morgan fingerprint density at radius 1 is 1.48 bits per heavy atom. The molecular weight excluding hydrogens is 280 g/mol. The maximum absolute atomic E-state index is 14.1. The predicted octanol–water partition coefficient (Wildman–Crippen LogP) is 1.35. The first kappa shape index (κ1) is 15.1. The average molecular weight is 297 g/mol. The van der Waals surface area contributed by atoms with Crippen LogP contribution in [0.2, 0.25) is 0 Å². The fourth-order valence-electron chi connectivity index (χ4n) is 2.27. The highest BCUT2D eigenvalue weighted by Crippen LogP contribution is 2.46. The number of hydrogen-bond donors (Lipinski definition) is 4. The minimum atomic E-state index is -2.92. The molecule has 0 aliphatic heterocycles. The average Bonchev–Trinajstić information content (AvgIpc) is 2.77. The van der Waals surface area contributed by atoms with E-state index in [1.54, 1.807) is 0 Å². The van der Waals surface area contributed by atoms with Gasteiger partial charge in [-0.05, 0) is 0 Å². The summed E-state index contributed by atoms with van der Waals surface area (Å²) in [5.41, 5.74) is 4.78. The minimum Gasteiger partial charge on any atom is -0.403 e. The summed E-state index contributed by atoms with van der Waals surface area (Å²) in [6, 6.07) is 0. The number of aromatic amines is 1. The van der Waals surface area contributed by atoms with Gasteiger partial charge in [-0.25, -0.2) is 8.78 Å². The van der Waals surface area contributed by atoms with Crippen molar-refractivity contribution < 1.29 is 13.6 Å². The van der Waals surface area contributed by atoms with E-state index >= 15 is 0 Å². The van der Waals surface area contributed by atoms with Crippen molar-refractivity contribution in [3.05, 3.63) is 28.8 Å². The molecule has 0 saturated heterocycles. The SMILES string of the molecule is CC1(C)Cc2[nH]nc(C(=O)N/C(C=N)=C/N)c2CC1(F)F. The summed E-state index contributed by atoms with van der Waals surface area (Å²) in [5, 5.41) is 15.9. The largest absolute Gasteiger partial charge is 0.403 e. The molecule has 5 N–H and O–H groups in total. The number of aromatic nitrogens is 2. The van der Waals surface area contributed by atoms with Crippen molar-refractivity contribution in [2.24, 2.45) is 11.1 Å². The highest BCUT2D eigenvalue weighted by molar-refractivity contribution is 5.98. The number of amides is 1. The van der Waals surface area contributed by atoms with Crippen molar-refractivity contribution in [1.29, 1.82) is 5.41 Å². The van der Waals surface area contributed by atoms with E-state index < -0.39 is 23.7 Å². The van der Waals surface area contributed by atoms with Gasteiger partial charge in [-0.3, -0.25) is 9.89 Å². The Labute approximate surface area is 120 Å². The normalized spacial score (nSPS) is 19.7. The summed E-state index contributed by atoms with van der Waals surface area (Å²) < 4.78 is 28.3. The van der Waals surface area contributed by atoms with Crippen LogP contribution < -0.4 is 11.1 Å². The zero-order valence-corrected chi connectivity index (χ0v) is 11.8. The van der Waals surface area contributed by atoms with Gasteiger partial charge in [-0.2, -0.15) is 5.10 Å². The number of carbonyl (C=O) groups excluding carboxylic acids is 1. The first-order valence-corrected chi connectivity index (χ1v) is 6.39. The molecule has 0 spiro atoms. The smallest absolute Gasteiger partial charge is 0.276 e. The second kappa shape index (κ2) is 4.94. The number of allylic oxidation sites excluding steroid dienone is 1. The molecule has 0 atom stereocenters. The lowest BCUT2D eigenvalue weighted by Gasteiger charge is -2.37. The Hall–Kier alpha value is -2.25. The Balaban J connectivity index is 2.33. The van der Waals surface area contributed by atoms with Crippen LogP contribution in [0.4, 0.5) is 8.78 Å². The Morgan fingerprint density at radius 2 is 2.14 bits per heavy atom. The van der Waals surface area contributed by atoms with Crippen LogP contribution in [-0.4, -0.2) is 28.2 Å². The third-order valence-electron chi connectivity index (χ3n) is 3.77. The molecule has 0 bridgehead atoms. The monoisotopic (exact) mass is 297 g/mol. The quantitative estimate of drug-likeness (QED) is 0.632. The maximum Gasteiger partial charge on any atom is 0.276 e. The molecule has 0 aromatic carbocycles. The van der Waals surface area contributed by atoms with Gasteiger partial charge >= 0.3 is 0 Å². The molecule has 2 rings (SSSR count). The fraction of sp³-hybridized carbons (Fsp3) is 0.462. The number of halogens is 2. The van der Waals surface area contributed by atoms with Crippen LogP contribution in [0.3, 0.4) is 0 Å². The molecule has 0 radical (unpaired) electrons. The third kappa shape index (κ3) is 2.53. The van der Waals surface area contributed by atoms with Gasteiger partial charge in [0, 0.05) is 41.9 Å². The Kier molecular flexibility index (Phi) is 3.56. The van der Waals surface area contributed by atoms with Crippen LogP contribution in [0, 0.1) is 10.8 Å². The van der Waals surface area contributed by atoms with Crippen LogP contribution in [0.15, 0.2) is 11.9 Å². The zero-order chi connectivity index (χ0) is 15.8. The summed E-state index contributed by atoms with van der Waals surface area (Å²) in [6.07, 6.45) is 1.47. The Bertz CT molecular complexity index is 618. The van der Waals surface area contributed by atoms with Crippen molar-refractivity contribution in [2.45, 2.75) is 32.6 Å². The molecule has 1 aliphatic carbocycles. The molecule has 1 amide bonds. The lowest BCUT2D eigenvalue weighted by molar-refractivity contribution is -0.111. The van der Waals surface area contributed by atoms with Crippen LogP contribution in [0.25, 0.3) is 0 Å². The molecule has 1 heterocycles. The third-order valence-corrected chi connectivity index (χ3v) is 3.77. The van der Waals surface area contributed by atoms with Gasteiger partial charge < -0.3 is 16.5 Å². The molecule has 8 heteroatoms. The highest BCUT2D eigenvalue weighted by Gasteiger charge is 2.51. The Morgan fingerprint density at radius 3 is 2.71 bits per heavy atom. The number of H-pyrrole nitrogens is 1. The molecule has 6 nitrogen and oxygen atoms in total. The van der Waals surface area contributed by atoms with Crippen molar-refractivity contribution in [3.63, 3.8) is 0 Å². The zero-order valence-electron chi connectivity index (χ0n) is 11.8. The van der Waals surface area contributed by atoms with Gasteiger partial charge in [-0.1, -0.05) is 13.8 Å². The summed E-state index contributed by atoms with van der Waals surface area (Å²) in [5.74, 6) is -3.59. The number of carbonyl (C=O) groups is 1. The first-order chi connectivity index (χ1) is 9.71. The van der Waals surface area contributed by atoms with E-state index in [-0.39, 0.29) is 23.4 Å². The molecule has 1 aliphatic rings. The molecular formula is C13H17F2N5O. The topological polar surface area (TPSA) is 108 Å². The number of hydrogen-bond acceptors (Lipinski definition) is 4. The lowest BCUT2D eigenvalue weighted by Crippen LogP contribution is -2.44. The fourth-order valence-corrected chi connectivity index (χ4v) is 2.27. The molecule has 0 unspecified atom stereocenters. The van der Waals surface area contributed by atoms with Crippen LogP contribution in [-0.2, 0) is 12.8 Å². The van der Waals surface area contributed by atoms with Crippen LogP contribution >= 0.6 is 0 Å². The number of nitrogens with zero attached hydrogens (tertiary/aromatic N) is 1.